The van der Waals surface area contributed by atoms with Crippen LogP contribution in [0.2, 0.25) is 0 Å². The molecule has 52 valence electrons. The molecule has 0 atom stereocenters. The number of halogens is 1. The molecule has 1 heterocycles. The largest absolute Gasteiger partial charge is 0.469 e. The molecule has 0 radical (unpaired) electrons. The van der Waals surface area contributed by atoms with E-state index in [1.807, 2.05) is 12.1 Å². The van der Waals surface area contributed by atoms with Crippen molar-refractivity contribution < 1.29 is 4.42 Å². The molecular formula is C6H10ClNO. The first-order valence-corrected chi connectivity index (χ1v) is 2.66. The van der Waals surface area contributed by atoms with Gasteiger partial charge in [-0.25, -0.2) is 0 Å². The summed E-state index contributed by atoms with van der Waals surface area (Å²) in [6, 6.07) is 3.79. The van der Waals surface area contributed by atoms with E-state index in [9.17, 15) is 0 Å². The highest BCUT2D eigenvalue weighted by Gasteiger charge is 1.88. The van der Waals surface area contributed by atoms with Gasteiger partial charge in [-0.2, -0.15) is 0 Å². The van der Waals surface area contributed by atoms with E-state index in [0.29, 0.717) is 6.54 Å². The summed E-state index contributed by atoms with van der Waals surface area (Å²) < 4.78 is 4.99. The maximum absolute atomic E-state index is 5.26. The van der Waals surface area contributed by atoms with Crippen LogP contribution in [0.1, 0.15) is 5.76 Å². The van der Waals surface area contributed by atoms with E-state index in [-0.39, 0.29) is 12.4 Å². The van der Waals surface area contributed by atoms with Gasteiger partial charge < -0.3 is 10.2 Å². The second kappa shape index (κ2) is 4.41. The molecule has 0 saturated carbocycles. The summed E-state index contributed by atoms with van der Waals surface area (Å²) in [4.78, 5) is 0. The van der Waals surface area contributed by atoms with Gasteiger partial charge in [0.05, 0.1) is 6.26 Å². The van der Waals surface area contributed by atoms with Crippen LogP contribution in [0.4, 0.5) is 0 Å². The lowest BCUT2D eigenvalue weighted by Crippen LogP contribution is -2.01. The first-order valence-electron chi connectivity index (χ1n) is 2.66. The summed E-state index contributed by atoms with van der Waals surface area (Å²) in [5.74, 6) is 0.965. The zero-order valence-electron chi connectivity index (χ0n) is 5.04. The minimum atomic E-state index is 0. The SMILES string of the molecule is Cl.NCCc1ccco1. The van der Waals surface area contributed by atoms with Crippen LogP contribution in [0.25, 0.3) is 0 Å². The minimum Gasteiger partial charge on any atom is -0.469 e. The Kier molecular flexibility index (Phi) is 4.18. The molecule has 0 spiro atoms. The summed E-state index contributed by atoms with van der Waals surface area (Å²) >= 11 is 0. The Morgan fingerprint density at radius 3 is 2.78 bits per heavy atom. The fourth-order valence-corrected chi connectivity index (χ4v) is 0.597. The molecule has 0 unspecified atom stereocenters. The van der Waals surface area contributed by atoms with Crippen LogP contribution < -0.4 is 5.73 Å². The Morgan fingerprint density at radius 1 is 1.56 bits per heavy atom. The number of hydrogen-bond donors (Lipinski definition) is 1. The molecule has 0 saturated heterocycles. The van der Waals surface area contributed by atoms with Gasteiger partial charge in [-0.1, -0.05) is 0 Å². The molecule has 0 bridgehead atoms. The lowest BCUT2D eigenvalue weighted by atomic mass is 10.3. The van der Waals surface area contributed by atoms with Gasteiger partial charge in [-0.3, -0.25) is 0 Å². The molecule has 0 aliphatic rings. The monoisotopic (exact) mass is 147 g/mol. The van der Waals surface area contributed by atoms with Crippen LogP contribution >= 0.6 is 12.4 Å². The molecule has 0 aliphatic carbocycles. The fraction of sp³-hybridized carbons (Fsp3) is 0.333. The Bertz CT molecular complexity index is 139. The number of furan rings is 1. The van der Waals surface area contributed by atoms with Crippen molar-refractivity contribution in [3.05, 3.63) is 24.2 Å². The second-order valence-corrected chi connectivity index (χ2v) is 1.62. The molecule has 1 rings (SSSR count). The quantitative estimate of drug-likeness (QED) is 0.683. The third kappa shape index (κ3) is 2.54. The summed E-state index contributed by atoms with van der Waals surface area (Å²) in [6.07, 6.45) is 2.50. The van der Waals surface area contributed by atoms with Crippen LogP contribution in [-0.4, -0.2) is 6.54 Å². The van der Waals surface area contributed by atoms with Crippen LogP contribution in [-0.2, 0) is 6.42 Å². The number of hydrogen-bond acceptors (Lipinski definition) is 2. The van der Waals surface area contributed by atoms with Crippen LogP contribution in [0.5, 0.6) is 0 Å². The van der Waals surface area contributed by atoms with Gasteiger partial charge in [0.15, 0.2) is 0 Å². The molecule has 0 amide bonds. The van der Waals surface area contributed by atoms with Gasteiger partial charge in [0.25, 0.3) is 0 Å². The van der Waals surface area contributed by atoms with Crippen molar-refractivity contribution in [3.63, 3.8) is 0 Å². The normalized spacial score (nSPS) is 8.56. The molecule has 2 N–H and O–H groups in total. The van der Waals surface area contributed by atoms with Gasteiger partial charge in [0.2, 0.25) is 0 Å². The van der Waals surface area contributed by atoms with Crippen molar-refractivity contribution in [1.29, 1.82) is 0 Å². The van der Waals surface area contributed by atoms with Gasteiger partial charge >= 0.3 is 0 Å². The van der Waals surface area contributed by atoms with E-state index >= 15 is 0 Å². The Morgan fingerprint density at radius 2 is 2.33 bits per heavy atom. The van der Waals surface area contributed by atoms with Crippen molar-refractivity contribution in [2.24, 2.45) is 5.73 Å². The predicted octanol–water partition coefficient (Wildman–Crippen LogP) is 1.20. The molecule has 1 aromatic rings. The fourth-order valence-electron chi connectivity index (χ4n) is 0.597. The third-order valence-corrected chi connectivity index (χ3v) is 0.971. The van der Waals surface area contributed by atoms with Gasteiger partial charge in [0.1, 0.15) is 5.76 Å². The smallest absolute Gasteiger partial charge is 0.105 e. The standard InChI is InChI=1S/C6H9NO.ClH/c7-4-3-6-2-1-5-8-6;/h1-2,5H,3-4,7H2;1H. The average molecular weight is 148 g/mol. The third-order valence-electron chi connectivity index (χ3n) is 0.971. The Balaban J connectivity index is 0.000000640. The molecule has 9 heavy (non-hydrogen) atoms. The van der Waals surface area contributed by atoms with Crippen LogP contribution in [0, 0.1) is 0 Å². The van der Waals surface area contributed by atoms with Gasteiger partial charge in [-0.05, 0) is 18.7 Å². The molecule has 0 aliphatic heterocycles. The van der Waals surface area contributed by atoms with Crippen LogP contribution in [0.3, 0.4) is 0 Å². The Labute approximate surface area is 60.4 Å². The van der Waals surface area contributed by atoms with Crippen LogP contribution in [0.15, 0.2) is 22.8 Å². The molecule has 1 aromatic heterocycles. The zero-order chi connectivity index (χ0) is 5.82. The Hall–Kier alpha value is -0.470. The lowest BCUT2D eigenvalue weighted by molar-refractivity contribution is 0.511. The van der Waals surface area contributed by atoms with E-state index < -0.39 is 0 Å². The molecule has 2 nitrogen and oxygen atoms in total. The van der Waals surface area contributed by atoms with Gasteiger partial charge in [-0.15, -0.1) is 12.4 Å². The van der Waals surface area contributed by atoms with E-state index in [0.717, 1.165) is 12.2 Å². The van der Waals surface area contributed by atoms with E-state index in [1.165, 1.54) is 0 Å². The van der Waals surface area contributed by atoms with Crippen molar-refractivity contribution in [1.82, 2.24) is 0 Å². The number of rotatable bonds is 2. The van der Waals surface area contributed by atoms with Crippen molar-refractivity contribution in [2.75, 3.05) is 6.54 Å². The predicted molar refractivity (Wildman–Crippen MR) is 38.7 cm³/mol. The van der Waals surface area contributed by atoms with Crippen molar-refractivity contribution in [2.45, 2.75) is 6.42 Å². The highest BCUT2D eigenvalue weighted by molar-refractivity contribution is 5.85. The number of nitrogens with two attached hydrogens (primary N) is 1. The summed E-state index contributed by atoms with van der Waals surface area (Å²) in [7, 11) is 0. The summed E-state index contributed by atoms with van der Waals surface area (Å²) in [5.41, 5.74) is 5.26. The van der Waals surface area contributed by atoms with Gasteiger partial charge in [0, 0.05) is 6.42 Å². The summed E-state index contributed by atoms with van der Waals surface area (Å²) in [6.45, 7) is 0.660. The second-order valence-electron chi connectivity index (χ2n) is 1.62. The molecule has 0 fully saturated rings. The zero-order valence-corrected chi connectivity index (χ0v) is 5.86. The van der Waals surface area contributed by atoms with E-state index in [2.05, 4.69) is 0 Å². The first kappa shape index (κ1) is 8.53. The molecule has 0 aromatic carbocycles. The summed E-state index contributed by atoms with van der Waals surface area (Å²) in [5, 5.41) is 0. The molecule has 3 heteroatoms. The highest BCUT2D eigenvalue weighted by Crippen LogP contribution is 1.98. The minimum absolute atomic E-state index is 0. The lowest BCUT2D eigenvalue weighted by Gasteiger charge is -1.86. The maximum Gasteiger partial charge on any atom is 0.105 e. The van der Waals surface area contributed by atoms with Crippen molar-refractivity contribution in [3.8, 4) is 0 Å². The average Bonchev–Trinajstić information content (AvgIpc) is 2.19. The van der Waals surface area contributed by atoms with E-state index in [1.54, 1.807) is 6.26 Å². The highest BCUT2D eigenvalue weighted by atomic mass is 35.5. The first-order chi connectivity index (χ1) is 3.93. The topological polar surface area (TPSA) is 39.2 Å². The van der Waals surface area contributed by atoms with Crippen molar-refractivity contribution >= 4 is 12.4 Å². The molecular weight excluding hydrogens is 138 g/mol. The van der Waals surface area contributed by atoms with E-state index in [4.69, 9.17) is 10.2 Å². The maximum atomic E-state index is 5.26.